The Bertz CT molecular complexity index is 298. The first-order valence-electron chi connectivity index (χ1n) is 5.91. The van der Waals surface area contributed by atoms with Gasteiger partial charge in [-0.25, -0.2) is 0 Å². The SMILES string of the molecule is CCNCCCNCc1cccc(OC)c1.Cl.Cl. The second-order valence-corrected chi connectivity index (χ2v) is 3.74. The van der Waals surface area contributed by atoms with Crippen LogP contribution in [0.2, 0.25) is 0 Å². The lowest BCUT2D eigenvalue weighted by atomic mass is 10.2. The minimum Gasteiger partial charge on any atom is -0.497 e. The first-order valence-corrected chi connectivity index (χ1v) is 5.91. The van der Waals surface area contributed by atoms with Crippen molar-refractivity contribution in [1.29, 1.82) is 0 Å². The molecule has 0 atom stereocenters. The minimum absolute atomic E-state index is 0. The van der Waals surface area contributed by atoms with Crippen LogP contribution in [0.5, 0.6) is 5.75 Å². The first kappa shape index (κ1) is 19.9. The zero-order valence-electron chi connectivity index (χ0n) is 11.1. The summed E-state index contributed by atoms with van der Waals surface area (Å²) < 4.78 is 5.18. The highest BCUT2D eigenvalue weighted by Crippen LogP contribution is 2.11. The molecule has 1 aromatic rings. The molecule has 1 rings (SSSR count). The molecule has 106 valence electrons. The molecule has 0 aromatic heterocycles. The Morgan fingerprint density at radius 3 is 2.50 bits per heavy atom. The van der Waals surface area contributed by atoms with Crippen molar-refractivity contribution in [2.75, 3.05) is 26.7 Å². The molecule has 2 N–H and O–H groups in total. The van der Waals surface area contributed by atoms with Gasteiger partial charge in [0.1, 0.15) is 5.75 Å². The van der Waals surface area contributed by atoms with Gasteiger partial charge >= 0.3 is 0 Å². The van der Waals surface area contributed by atoms with E-state index in [9.17, 15) is 0 Å². The quantitative estimate of drug-likeness (QED) is 0.723. The van der Waals surface area contributed by atoms with E-state index < -0.39 is 0 Å². The molecule has 0 saturated carbocycles. The van der Waals surface area contributed by atoms with Crippen LogP contribution in [0.25, 0.3) is 0 Å². The summed E-state index contributed by atoms with van der Waals surface area (Å²) in [5, 5.41) is 6.72. The van der Waals surface area contributed by atoms with Gasteiger partial charge in [0, 0.05) is 6.54 Å². The topological polar surface area (TPSA) is 33.3 Å². The van der Waals surface area contributed by atoms with E-state index in [2.05, 4.69) is 29.7 Å². The van der Waals surface area contributed by atoms with E-state index in [1.165, 1.54) is 5.56 Å². The number of hydrogen-bond donors (Lipinski definition) is 2. The Hall–Kier alpha value is -0.480. The van der Waals surface area contributed by atoms with E-state index >= 15 is 0 Å². The molecule has 18 heavy (non-hydrogen) atoms. The van der Waals surface area contributed by atoms with Crippen molar-refractivity contribution >= 4 is 24.8 Å². The largest absolute Gasteiger partial charge is 0.497 e. The Labute approximate surface area is 123 Å². The highest BCUT2D eigenvalue weighted by atomic mass is 35.5. The standard InChI is InChI=1S/C13H22N2O.2ClH/c1-3-14-8-5-9-15-11-12-6-4-7-13(10-12)16-2;;/h4,6-7,10,14-15H,3,5,8-9,11H2,1-2H3;2*1H. The average molecular weight is 295 g/mol. The number of methoxy groups -OCH3 is 1. The third kappa shape index (κ3) is 8.59. The molecule has 3 nitrogen and oxygen atoms in total. The smallest absolute Gasteiger partial charge is 0.119 e. The van der Waals surface area contributed by atoms with Gasteiger partial charge in [-0.2, -0.15) is 0 Å². The average Bonchev–Trinajstić information content (AvgIpc) is 2.34. The molecule has 0 spiro atoms. The maximum atomic E-state index is 5.18. The van der Waals surface area contributed by atoms with Crippen molar-refractivity contribution in [1.82, 2.24) is 10.6 Å². The lowest BCUT2D eigenvalue weighted by Crippen LogP contribution is -2.21. The van der Waals surface area contributed by atoms with Gasteiger partial charge in [-0.3, -0.25) is 0 Å². The molecule has 0 aliphatic carbocycles. The molecule has 0 fully saturated rings. The Balaban J connectivity index is 0. The summed E-state index contributed by atoms with van der Waals surface area (Å²) in [5.74, 6) is 0.923. The zero-order valence-corrected chi connectivity index (χ0v) is 12.7. The number of ether oxygens (including phenoxy) is 1. The summed E-state index contributed by atoms with van der Waals surface area (Å²) in [6.45, 7) is 6.22. The third-order valence-corrected chi connectivity index (χ3v) is 2.42. The molecule has 0 radical (unpaired) electrons. The van der Waals surface area contributed by atoms with Crippen molar-refractivity contribution in [3.63, 3.8) is 0 Å². The predicted molar refractivity (Wildman–Crippen MR) is 82.4 cm³/mol. The number of rotatable bonds is 8. The van der Waals surface area contributed by atoms with Gasteiger partial charge in [0.2, 0.25) is 0 Å². The summed E-state index contributed by atoms with van der Waals surface area (Å²) >= 11 is 0. The van der Waals surface area contributed by atoms with E-state index in [1.807, 2.05) is 12.1 Å². The van der Waals surface area contributed by atoms with Crippen LogP contribution in [-0.2, 0) is 6.54 Å². The molecule has 0 unspecified atom stereocenters. The summed E-state index contributed by atoms with van der Waals surface area (Å²) in [6.07, 6.45) is 1.16. The molecule has 0 amide bonds. The van der Waals surface area contributed by atoms with Gasteiger partial charge in [0.15, 0.2) is 0 Å². The number of hydrogen-bond acceptors (Lipinski definition) is 3. The van der Waals surface area contributed by atoms with Crippen molar-refractivity contribution in [2.45, 2.75) is 19.9 Å². The molecule has 5 heteroatoms. The van der Waals surface area contributed by atoms with Gasteiger partial charge in [-0.15, -0.1) is 24.8 Å². The van der Waals surface area contributed by atoms with Crippen molar-refractivity contribution in [2.24, 2.45) is 0 Å². The predicted octanol–water partition coefficient (Wildman–Crippen LogP) is 2.63. The van der Waals surface area contributed by atoms with Crippen molar-refractivity contribution < 1.29 is 4.74 Å². The van der Waals surface area contributed by atoms with Crippen LogP contribution in [-0.4, -0.2) is 26.7 Å². The van der Waals surface area contributed by atoms with Gasteiger partial charge < -0.3 is 15.4 Å². The third-order valence-electron chi connectivity index (χ3n) is 2.42. The number of halogens is 2. The molecule has 0 bridgehead atoms. The molecular weight excluding hydrogens is 271 g/mol. The van der Waals surface area contributed by atoms with Crippen LogP contribution in [0.1, 0.15) is 18.9 Å². The fourth-order valence-electron chi connectivity index (χ4n) is 1.53. The number of benzene rings is 1. The van der Waals surface area contributed by atoms with E-state index in [4.69, 9.17) is 4.74 Å². The second-order valence-electron chi connectivity index (χ2n) is 3.74. The van der Waals surface area contributed by atoms with E-state index in [0.29, 0.717) is 0 Å². The van der Waals surface area contributed by atoms with E-state index in [1.54, 1.807) is 7.11 Å². The molecular formula is C13H24Cl2N2O. The van der Waals surface area contributed by atoms with Crippen LogP contribution in [0.15, 0.2) is 24.3 Å². The first-order chi connectivity index (χ1) is 7.86. The van der Waals surface area contributed by atoms with Gasteiger partial charge in [-0.1, -0.05) is 19.1 Å². The maximum Gasteiger partial charge on any atom is 0.119 e. The van der Waals surface area contributed by atoms with Crippen LogP contribution in [0, 0.1) is 0 Å². The minimum atomic E-state index is 0. The highest BCUT2D eigenvalue weighted by Gasteiger charge is 1.95. The Morgan fingerprint density at radius 1 is 1.11 bits per heavy atom. The van der Waals surface area contributed by atoms with Gasteiger partial charge in [0.25, 0.3) is 0 Å². The Morgan fingerprint density at radius 2 is 1.83 bits per heavy atom. The summed E-state index contributed by atoms with van der Waals surface area (Å²) in [6, 6.07) is 8.17. The summed E-state index contributed by atoms with van der Waals surface area (Å²) in [5.41, 5.74) is 1.27. The van der Waals surface area contributed by atoms with E-state index in [-0.39, 0.29) is 24.8 Å². The monoisotopic (exact) mass is 294 g/mol. The van der Waals surface area contributed by atoms with Crippen LogP contribution in [0.4, 0.5) is 0 Å². The molecule has 0 saturated heterocycles. The normalized spacial score (nSPS) is 9.22. The fourth-order valence-corrected chi connectivity index (χ4v) is 1.53. The zero-order chi connectivity index (χ0) is 11.6. The van der Waals surface area contributed by atoms with Gasteiger partial charge in [-0.05, 0) is 43.8 Å². The van der Waals surface area contributed by atoms with Crippen LogP contribution < -0.4 is 15.4 Å². The number of nitrogens with one attached hydrogen (secondary N) is 2. The van der Waals surface area contributed by atoms with Crippen LogP contribution >= 0.6 is 24.8 Å². The highest BCUT2D eigenvalue weighted by molar-refractivity contribution is 5.85. The summed E-state index contributed by atoms with van der Waals surface area (Å²) in [7, 11) is 1.70. The Kier molecular flexibility index (Phi) is 14.3. The molecule has 0 aliphatic heterocycles. The van der Waals surface area contributed by atoms with E-state index in [0.717, 1.165) is 38.3 Å². The fraction of sp³-hybridized carbons (Fsp3) is 0.538. The summed E-state index contributed by atoms with van der Waals surface area (Å²) in [4.78, 5) is 0. The van der Waals surface area contributed by atoms with Crippen molar-refractivity contribution in [3.05, 3.63) is 29.8 Å². The lowest BCUT2D eigenvalue weighted by molar-refractivity contribution is 0.414. The molecule has 0 aliphatic rings. The second kappa shape index (κ2) is 13.0. The van der Waals surface area contributed by atoms with Crippen molar-refractivity contribution in [3.8, 4) is 5.75 Å². The van der Waals surface area contributed by atoms with Gasteiger partial charge in [0.05, 0.1) is 7.11 Å². The maximum absolute atomic E-state index is 5.18. The lowest BCUT2D eigenvalue weighted by Gasteiger charge is -2.06. The molecule has 0 heterocycles. The van der Waals surface area contributed by atoms with Crippen LogP contribution in [0.3, 0.4) is 0 Å². The molecule has 1 aromatic carbocycles.